The fourth-order valence-corrected chi connectivity index (χ4v) is 4.26. The van der Waals surface area contributed by atoms with Gasteiger partial charge in [0.1, 0.15) is 11.2 Å². The number of furan rings is 1. The Labute approximate surface area is 166 Å². The molecule has 3 heterocycles. The largest absolute Gasteiger partial charge is 0.481 e. The van der Waals surface area contributed by atoms with Crippen LogP contribution in [0.15, 0.2) is 16.5 Å². The number of amides is 1. The molecular formula is C21H32N2O5. The van der Waals surface area contributed by atoms with Gasteiger partial charge in [0.2, 0.25) is 0 Å². The molecule has 0 unspecified atom stereocenters. The number of aliphatic carboxylic acids is 1. The van der Waals surface area contributed by atoms with E-state index in [1.54, 1.807) is 6.07 Å². The summed E-state index contributed by atoms with van der Waals surface area (Å²) in [6.45, 7) is 7.18. The SMILES string of the molecule is CC(C)CC[C@@]1(C(=O)O)CN(C(=O)c2ccc(CN3CCCC3)o2)CC[C@H]1O. The summed E-state index contributed by atoms with van der Waals surface area (Å²) in [4.78, 5) is 28.8. The van der Waals surface area contributed by atoms with Crippen LogP contribution in [0.3, 0.4) is 0 Å². The molecule has 28 heavy (non-hydrogen) atoms. The third-order valence-electron chi connectivity index (χ3n) is 6.11. The maximum Gasteiger partial charge on any atom is 0.314 e. The van der Waals surface area contributed by atoms with Gasteiger partial charge in [-0.3, -0.25) is 14.5 Å². The number of nitrogens with zero attached hydrogens (tertiary/aromatic N) is 2. The molecule has 2 aliphatic heterocycles. The summed E-state index contributed by atoms with van der Waals surface area (Å²) in [5.74, 6) is -0.00452. The van der Waals surface area contributed by atoms with Crippen LogP contribution in [0.4, 0.5) is 0 Å². The third kappa shape index (κ3) is 4.41. The second-order valence-corrected chi connectivity index (χ2v) is 8.67. The summed E-state index contributed by atoms with van der Waals surface area (Å²) < 4.78 is 5.77. The zero-order chi connectivity index (χ0) is 20.3. The molecule has 3 rings (SSSR count). The summed E-state index contributed by atoms with van der Waals surface area (Å²) in [5, 5.41) is 20.4. The molecule has 0 aliphatic carbocycles. The van der Waals surface area contributed by atoms with E-state index in [-0.39, 0.29) is 24.6 Å². The highest BCUT2D eigenvalue weighted by Gasteiger charge is 2.50. The maximum absolute atomic E-state index is 12.9. The second kappa shape index (κ2) is 8.66. The Morgan fingerprint density at radius 2 is 1.96 bits per heavy atom. The van der Waals surface area contributed by atoms with Crippen molar-refractivity contribution in [2.75, 3.05) is 26.2 Å². The Balaban J connectivity index is 1.70. The molecule has 2 atom stereocenters. The number of carbonyl (C=O) groups is 2. The number of aliphatic hydroxyl groups is 1. The van der Waals surface area contributed by atoms with Crippen LogP contribution in [-0.2, 0) is 11.3 Å². The topological polar surface area (TPSA) is 94.2 Å². The van der Waals surface area contributed by atoms with Gasteiger partial charge < -0.3 is 19.5 Å². The number of hydrogen-bond donors (Lipinski definition) is 2. The van der Waals surface area contributed by atoms with Crippen molar-refractivity contribution >= 4 is 11.9 Å². The van der Waals surface area contributed by atoms with Crippen molar-refractivity contribution in [2.24, 2.45) is 11.3 Å². The first kappa shape index (κ1) is 20.9. The van der Waals surface area contributed by atoms with Gasteiger partial charge in [-0.05, 0) is 63.2 Å². The standard InChI is InChI=1S/C21H32N2O5/c1-15(2)7-9-21(20(26)27)14-23(12-8-18(21)24)19(25)17-6-5-16(28-17)13-22-10-3-4-11-22/h5-6,15,18,24H,3-4,7-14H2,1-2H3,(H,26,27)/t18-,21-/m1/s1. The van der Waals surface area contributed by atoms with Gasteiger partial charge in [0.05, 0.1) is 12.6 Å². The van der Waals surface area contributed by atoms with Gasteiger partial charge in [-0.15, -0.1) is 0 Å². The van der Waals surface area contributed by atoms with Gasteiger partial charge in [-0.2, -0.15) is 0 Å². The van der Waals surface area contributed by atoms with Crippen LogP contribution in [0.1, 0.15) is 62.3 Å². The molecule has 7 heteroatoms. The van der Waals surface area contributed by atoms with E-state index in [0.29, 0.717) is 31.8 Å². The monoisotopic (exact) mass is 392 g/mol. The van der Waals surface area contributed by atoms with E-state index in [9.17, 15) is 19.8 Å². The molecule has 2 saturated heterocycles. The molecule has 1 aromatic rings. The lowest BCUT2D eigenvalue weighted by atomic mass is 9.72. The normalized spacial score (nSPS) is 26.1. The average molecular weight is 392 g/mol. The van der Waals surface area contributed by atoms with Crippen LogP contribution in [0.5, 0.6) is 0 Å². The number of aliphatic hydroxyl groups excluding tert-OH is 1. The predicted octanol–water partition coefficient (Wildman–Crippen LogP) is 2.59. The Morgan fingerprint density at radius 3 is 2.61 bits per heavy atom. The molecule has 1 amide bonds. The number of carboxylic acids is 1. The number of hydrogen-bond acceptors (Lipinski definition) is 5. The van der Waals surface area contributed by atoms with Crippen molar-refractivity contribution in [3.8, 4) is 0 Å². The number of carboxylic acid groups (broad SMARTS) is 1. The van der Waals surface area contributed by atoms with Crippen LogP contribution in [0.2, 0.25) is 0 Å². The highest BCUT2D eigenvalue weighted by atomic mass is 16.4. The fourth-order valence-electron chi connectivity index (χ4n) is 4.26. The van der Waals surface area contributed by atoms with E-state index in [4.69, 9.17) is 4.42 Å². The molecule has 2 N–H and O–H groups in total. The predicted molar refractivity (Wildman–Crippen MR) is 104 cm³/mol. The second-order valence-electron chi connectivity index (χ2n) is 8.67. The molecule has 0 radical (unpaired) electrons. The van der Waals surface area contributed by atoms with Gasteiger partial charge in [0.25, 0.3) is 5.91 Å². The lowest BCUT2D eigenvalue weighted by molar-refractivity contribution is -0.163. The molecule has 2 fully saturated rings. The number of likely N-dealkylation sites (tertiary alicyclic amines) is 2. The summed E-state index contributed by atoms with van der Waals surface area (Å²) in [6.07, 6.45) is 2.73. The van der Waals surface area contributed by atoms with Gasteiger partial charge in [-0.1, -0.05) is 13.8 Å². The van der Waals surface area contributed by atoms with E-state index in [0.717, 1.165) is 18.8 Å². The van der Waals surface area contributed by atoms with Crippen molar-refractivity contribution in [1.29, 1.82) is 0 Å². The summed E-state index contributed by atoms with van der Waals surface area (Å²) in [7, 11) is 0. The summed E-state index contributed by atoms with van der Waals surface area (Å²) in [5.41, 5.74) is -1.32. The number of carbonyl (C=O) groups excluding carboxylic acids is 1. The van der Waals surface area contributed by atoms with E-state index < -0.39 is 17.5 Å². The Kier molecular flexibility index (Phi) is 6.45. The van der Waals surface area contributed by atoms with Gasteiger partial charge >= 0.3 is 5.97 Å². The van der Waals surface area contributed by atoms with E-state index in [1.807, 2.05) is 19.9 Å². The van der Waals surface area contributed by atoms with Crippen molar-refractivity contribution in [3.05, 3.63) is 23.7 Å². The van der Waals surface area contributed by atoms with Crippen LogP contribution in [-0.4, -0.2) is 64.2 Å². The number of rotatable bonds is 7. The van der Waals surface area contributed by atoms with Crippen molar-refractivity contribution in [1.82, 2.24) is 9.80 Å². The lowest BCUT2D eigenvalue weighted by Gasteiger charge is -2.43. The zero-order valence-corrected chi connectivity index (χ0v) is 16.9. The van der Waals surface area contributed by atoms with E-state index in [1.165, 1.54) is 17.7 Å². The fraction of sp³-hybridized carbons (Fsp3) is 0.714. The minimum absolute atomic E-state index is 0.0111. The van der Waals surface area contributed by atoms with Crippen molar-refractivity contribution in [3.63, 3.8) is 0 Å². The molecule has 7 nitrogen and oxygen atoms in total. The van der Waals surface area contributed by atoms with E-state index in [2.05, 4.69) is 4.90 Å². The number of piperidine rings is 1. The smallest absolute Gasteiger partial charge is 0.314 e. The van der Waals surface area contributed by atoms with Gasteiger partial charge in [-0.25, -0.2) is 0 Å². The molecule has 0 spiro atoms. The van der Waals surface area contributed by atoms with Crippen molar-refractivity contribution < 1.29 is 24.2 Å². The summed E-state index contributed by atoms with van der Waals surface area (Å²) in [6, 6.07) is 3.50. The van der Waals surface area contributed by atoms with E-state index >= 15 is 0 Å². The van der Waals surface area contributed by atoms with Gasteiger partial charge in [0.15, 0.2) is 5.76 Å². The quantitative estimate of drug-likeness (QED) is 0.741. The Bertz CT molecular complexity index is 695. The highest BCUT2D eigenvalue weighted by Crippen LogP contribution is 2.37. The average Bonchev–Trinajstić information content (AvgIpc) is 3.33. The zero-order valence-electron chi connectivity index (χ0n) is 16.9. The molecule has 0 aromatic carbocycles. The molecule has 156 valence electrons. The molecule has 1 aromatic heterocycles. The molecule has 2 aliphatic rings. The van der Waals surface area contributed by atoms with Crippen LogP contribution in [0, 0.1) is 11.3 Å². The molecular weight excluding hydrogens is 360 g/mol. The van der Waals surface area contributed by atoms with Gasteiger partial charge in [0, 0.05) is 13.1 Å². The van der Waals surface area contributed by atoms with Crippen LogP contribution >= 0.6 is 0 Å². The summed E-state index contributed by atoms with van der Waals surface area (Å²) >= 11 is 0. The Hall–Kier alpha value is -1.86. The van der Waals surface area contributed by atoms with Crippen LogP contribution < -0.4 is 0 Å². The lowest BCUT2D eigenvalue weighted by Crippen LogP contribution is -2.57. The van der Waals surface area contributed by atoms with Crippen molar-refractivity contribution in [2.45, 2.75) is 58.6 Å². The first-order chi connectivity index (χ1) is 13.3. The first-order valence-corrected chi connectivity index (χ1v) is 10.3. The molecule has 0 saturated carbocycles. The molecule has 0 bridgehead atoms. The minimum atomic E-state index is -1.32. The van der Waals surface area contributed by atoms with Crippen LogP contribution in [0.25, 0.3) is 0 Å². The highest BCUT2D eigenvalue weighted by molar-refractivity contribution is 5.92. The minimum Gasteiger partial charge on any atom is -0.481 e. The Morgan fingerprint density at radius 1 is 1.25 bits per heavy atom. The maximum atomic E-state index is 12.9. The third-order valence-corrected chi connectivity index (χ3v) is 6.11. The first-order valence-electron chi connectivity index (χ1n) is 10.3.